The molecule has 2 aromatic rings. The summed E-state index contributed by atoms with van der Waals surface area (Å²) in [7, 11) is 0. The van der Waals surface area contributed by atoms with E-state index in [1.54, 1.807) is 0 Å². The Bertz CT molecular complexity index is 742. The first kappa shape index (κ1) is 18.5. The second-order valence-corrected chi connectivity index (χ2v) is 7.86. The quantitative estimate of drug-likeness (QED) is 0.589. The summed E-state index contributed by atoms with van der Waals surface area (Å²) in [4.78, 5) is 0. The molecule has 0 radical (unpaired) electrons. The first-order valence-corrected chi connectivity index (χ1v) is 9.82. The van der Waals surface area contributed by atoms with Crippen molar-refractivity contribution in [2.45, 2.75) is 44.1 Å². The Labute approximate surface area is 164 Å². The van der Waals surface area contributed by atoms with E-state index in [-0.39, 0.29) is 5.54 Å². The number of thiocarbonyl (C=S) groups is 1. The average molecular weight is 393 g/mol. The van der Waals surface area contributed by atoms with Crippen molar-refractivity contribution in [1.82, 2.24) is 5.32 Å². The van der Waals surface area contributed by atoms with Gasteiger partial charge >= 0.3 is 0 Å². The number of para-hydroxylation sites is 1. The number of rotatable bonds is 5. The molecule has 3 rings (SSSR count). The van der Waals surface area contributed by atoms with Crippen LogP contribution >= 0.6 is 35.4 Å². The Morgan fingerprint density at radius 2 is 1.60 bits per heavy atom. The highest BCUT2D eigenvalue weighted by Crippen LogP contribution is 2.34. The molecule has 0 aromatic heterocycles. The zero-order chi connectivity index (χ0) is 17.7. The van der Waals surface area contributed by atoms with Gasteiger partial charge in [0.2, 0.25) is 0 Å². The van der Waals surface area contributed by atoms with Crippen molar-refractivity contribution in [3.8, 4) is 0 Å². The molecule has 0 heterocycles. The summed E-state index contributed by atoms with van der Waals surface area (Å²) in [5.41, 5.74) is 2.06. The summed E-state index contributed by atoms with van der Waals surface area (Å²) in [6, 6.07) is 15.7. The van der Waals surface area contributed by atoms with Crippen molar-refractivity contribution in [1.29, 1.82) is 0 Å². The molecule has 2 N–H and O–H groups in total. The topological polar surface area (TPSA) is 24.1 Å². The van der Waals surface area contributed by atoms with Crippen molar-refractivity contribution in [2.75, 3.05) is 5.32 Å². The van der Waals surface area contributed by atoms with Gasteiger partial charge < -0.3 is 10.6 Å². The van der Waals surface area contributed by atoms with E-state index in [0.717, 1.165) is 36.4 Å². The Morgan fingerprint density at radius 3 is 2.28 bits per heavy atom. The standard InChI is InChI=1S/C20H22Cl2N2S/c21-16-8-2-1-7-15(16)11-14-20(12-5-6-13-20)24-19(25)23-18-10-4-3-9-17(18)22/h1-4,7-10H,5-6,11-14H2,(H2,23,24,25). The fourth-order valence-corrected chi connectivity index (χ4v) is 4.26. The Hall–Kier alpha value is -1.29. The number of nitrogens with one attached hydrogen (secondary N) is 2. The maximum Gasteiger partial charge on any atom is 0.171 e. The van der Waals surface area contributed by atoms with Crippen LogP contribution < -0.4 is 10.6 Å². The molecule has 5 heteroatoms. The SMILES string of the molecule is S=C(Nc1ccccc1Cl)NC1(CCc2ccccc2Cl)CCCC1. The van der Waals surface area contributed by atoms with Gasteiger partial charge in [0.05, 0.1) is 10.7 Å². The molecule has 1 fully saturated rings. The zero-order valence-electron chi connectivity index (χ0n) is 14.0. The molecule has 0 unspecified atom stereocenters. The van der Waals surface area contributed by atoms with E-state index >= 15 is 0 Å². The molecular weight excluding hydrogens is 371 g/mol. The number of benzene rings is 2. The van der Waals surface area contributed by atoms with Gasteiger partial charge in [-0.15, -0.1) is 0 Å². The van der Waals surface area contributed by atoms with Gasteiger partial charge in [-0.1, -0.05) is 66.4 Å². The molecule has 2 nitrogen and oxygen atoms in total. The van der Waals surface area contributed by atoms with E-state index in [2.05, 4.69) is 16.7 Å². The summed E-state index contributed by atoms with van der Waals surface area (Å²) < 4.78 is 0. The van der Waals surface area contributed by atoms with Gasteiger partial charge in [0.25, 0.3) is 0 Å². The van der Waals surface area contributed by atoms with Gasteiger partial charge in [0.15, 0.2) is 5.11 Å². The van der Waals surface area contributed by atoms with Crippen molar-refractivity contribution >= 4 is 46.2 Å². The number of hydrogen-bond acceptors (Lipinski definition) is 1. The van der Waals surface area contributed by atoms with Crippen LogP contribution in [-0.2, 0) is 6.42 Å². The molecule has 1 aliphatic rings. The molecular formula is C20H22Cl2N2S. The van der Waals surface area contributed by atoms with E-state index in [9.17, 15) is 0 Å². The normalized spacial score (nSPS) is 15.8. The molecule has 1 aliphatic carbocycles. The van der Waals surface area contributed by atoms with Crippen LogP contribution in [0.2, 0.25) is 10.0 Å². The minimum Gasteiger partial charge on any atom is -0.357 e. The first-order valence-electron chi connectivity index (χ1n) is 8.65. The molecule has 0 bridgehead atoms. The van der Waals surface area contributed by atoms with Gasteiger partial charge in [-0.05, 0) is 61.7 Å². The molecule has 1 saturated carbocycles. The van der Waals surface area contributed by atoms with E-state index in [1.165, 1.54) is 18.4 Å². The predicted molar refractivity (Wildman–Crippen MR) is 112 cm³/mol. The largest absolute Gasteiger partial charge is 0.357 e. The third-order valence-electron chi connectivity index (χ3n) is 4.89. The molecule has 0 spiro atoms. The van der Waals surface area contributed by atoms with Crippen LogP contribution in [0.15, 0.2) is 48.5 Å². The van der Waals surface area contributed by atoms with Crippen LogP contribution in [0.1, 0.15) is 37.7 Å². The summed E-state index contributed by atoms with van der Waals surface area (Å²) in [5, 5.41) is 8.95. The van der Waals surface area contributed by atoms with E-state index in [4.69, 9.17) is 35.4 Å². The van der Waals surface area contributed by atoms with Crippen molar-refractivity contribution in [2.24, 2.45) is 0 Å². The summed E-state index contributed by atoms with van der Waals surface area (Å²) in [6.07, 6.45) is 6.67. The van der Waals surface area contributed by atoms with Gasteiger partial charge in [-0.25, -0.2) is 0 Å². The van der Waals surface area contributed by atoms with Gasteiger partial charge in [-0.2, -0.15) is 0 Å². The Kier molecular flexibility index (Phi) is 6.21. The molecule has 25 heavy (non-hydrogen) atoms. The smallest absolute Gasteiger partial charge is 0.171 e. The number of hydrogen-bond donors (Lipinski definition) is 2. The Morgan fingerprint density at radius 1 is 0.960 bits per heavy atom. The average Bonchev–Trinajstić information content (AvgIpc) is 3.05. The molecule has 0 amide bonds. The highest BCUT2D eigenvalue weighted by Gasteiger charge is 2.34. The molecule has 0 saturated heterocycles. The van der Waals surface area contributed by atoms with Crippen LogP contribution in [0.25, 0.3) is 0 Å². The van der Waals surface area contributed by atoms with Gasteiger partial charge in [0.1, 0.15) is 0 Å². The second kappa shape index (κ2) is 8.39. The molecule has 2 aromatic carbocycles. The molecule has 0 aliphatic heterocycles. The van der Waals surface area contributed by atoms with Crippen molar-refractivity contribution < 1.29 is 0 Å². The molecule has 132 valence electrons. The minimum absolute atomic E-state index is 0.0323. The highest BCUT2D eigenvalue weighted by molar-refractivity contribution is 7.80. The van der Waals surface area contributed by atoms with Gasteiger partial charge in [-0.3, -0.25) is 0 Å². The maximum absolute atomic E-state index is 6.31. The lowest BCUT2D eigenvalue weighted by atomic mass is 9.89. The van der Waals surface area contributed by atoms with Crippen LogP contribution in [0.3, 0.4) is 0 Å². The van der Waals surface area contributed by atoms with Gasteiger partial charge in [0, 0.05) is 10.6 Å². The molecule has 0 atom stereocenters. The van der Waals surface area contributed by atoms with Crippen molar-refractivity contribution in [3.63, 3.8) is 0 Å². The number of halogens is 2. The van der Waals surface area contributed by atoms with Crippen LogP contribution in [0.4, 0.5) is 5.69 Å². The lowest BCUT2D eigenvalue weighted by Gasteiger charge is -2.32. The lowest BCUT2D eigenvalue weighted by molar-refractivity contribution is 0.362. The van der Waals surface area contributed by atoms with E-state index in [0.29, 0.717) is 10.1 Å². The Balaban J connectivity index is 1.65. The summed E-state index contributed by atoms with van der Waals surface area (Å²) in [6.45, 7) is 0. The highest BCUT2D eigenvalue weighted by atomic mass is 35.5. The predicted octanol–water partition coefficient (Wildman–Crippen LogP) is 6.23. The second-order valence-electron chi connectivity index (χ2n) is 6.64. The zero-order valence-corrected chi connectivity index (χ0v) is 16.4. The minimum atomic E-state index is 0.0323. The van der Waals surface area contributed by atoms with Crippen LogP contribution in [0, 0.1) is 0 Å². The fourth-order valence-electron chi connectivity index (χ4n) is 3.52. The van der Waals surface area contributed by atoms with Crippen molar-refractivity contribution in [3.05, 3.63) is 64.1 Å². The van der Waals surface area contributed by atoms with E-state index < -0.39 is 0 Å². The third-order valence-corrected chi connectivity index (χ3v) is 5.79. The summed E-state index contributed by atoms with van der Waals surface area (Å²) >= 11 is 18.1. The monoisotopic (exact) mass is 392 g/mol. The van der Waals surface area contributed by atoms with Crippen LogP contribution in [0.5, 0.6) is 0 Å². The number of aryl methyl sites for hydroxylation is 1. The lowest BCUT2D eigenvalue weighted by Crippen LogP contribution is -2.48. The van der Waals surface area contributed by atoms with Crippen LogP contribution in [-0.4, -0.2) is 10.7 Å². The fraction of sp³-hybridized carbons (Fsp3) is 0.350. The third kappa shape index (κ3) is 4.87. The maximum atomic E-state index is 6.31. The number of anilines is 1. The first-order chi connectivity index (χ1) is 12.1. The van der Waals surface area contributed by atoms with E-state index in [1.807, 2.05) is 42.5 Å². The summed E-state index contributed by atoms with van der Waals surface area (Å²) in [5.74, 6) is 0.